The van der Waals surface area contributed by atoms with E-state index in [4.69, 9.17) is 19.6 Å². The van der Waals surface area contributed by atoms with Crippen LogP contribution in [0.3, 0.4) is 0 Å². The van der Waals surface area contributed by atoms with Crippen LogP contribution >= 0.6 is 0 Å². The normalized spacial score (nSPS) is 11.1. The minimum atomic E-state index is -0.708. The molecule has 0 saturated carbocycles. The van der Waals surface area contributed by atoms with Gasteiger partial charge in [0.05, 0.1) is 13.2 Å². The fraction of sp³-hybridized carbons (Fsp3) is 0.471. The van der Waals surface area contributed by atoms with Crippen LogP contribution < -0.4 is 16.1 Å². The fourth-order valence-corrected chi connectivity index (χ4v) is 2.46. The Morgan fingerprint density at radius 3 is 2.78 bits per heavy atom. The molecular weight excluding hydrogens is 301 g/mol. The van der Waals surface area contributed by atoms with Gasteiger partial charge in [0.25, 0.3) is 0 Å². The summed E-state index contributed by atoms with van der Waals surface area (Å²) in [5, 5.41) is 0.613. The molecule has 0 spiro atoms. The van der Waals surface area contributed by atoms with Crippen molar-refractivity contribution in [2.24, 2.45) is 5.73 Å². The van der Waals surface area contributed by atoms with Gasteiger partial charge in [-0.2, -0.15) is 0 Å². The van der Waals surface area contributed by atoms with Gasteiger partial charge in [-0.3, -0.25) is 0 Å². The molecule has 6 heteroatoms. The van der Waals surface area contributed by atoms with Crippen LogP contribution in [0.25, 0.3) is 11.0 Å². The van der Waals surface area contributed by atoms with Crippen molar-refractivity contribution in [1.82, 2.24) is 0 Å². The summed E-state index contributed by atoms with van der Waals surface area (Å²) in [5.74, 6) is 0.634. The highest BCUT2D eigenvalue weighted by molar-refractivity contribution is 5.85. The quantitative estimate of drug-likeness (QED) is 0.567. The van der Waals surface area contributed by atoms with Gasteiger partial charge < -0.3 is 19.6 Å². The molecule has 5 nitrogen and oxygen atoms in total. The smallest absolute Gasteiger partial charge is 0.336 e. The van der Waals surface area contributed by atoms with E-state index in [-0.39, 0.29) is 0 Å². The number of hydrogen-bond acceptors (Lipinski definition) is 5. The van der Waals surface area contributed by atoms with E-state index in [0.717, 1.165) is 12.0 Å². The Kier molecular flexibility index (Phi) is 6.55. The second kappa shape index (κ2) is 8.64. The number of ether oxygens (including phenoxy) is 2. The van der Waals surface area contributed by atoms with Crippen molar-refractivity contribution in [2.75, 3.05) is 26.4 Å². The standard InChI is InChI=1S/C17H22FNO4/c1-2-3-14-15(22-9-8-21-7-6-19)5-4-13-12(11-18)10-16(20)23-17(13)14/h4-5,10H,2-3,6-9,11,19H2,1H3. The number of halogens is 1. The van der Waals surface area contributed by atoms with Crippen LogP contribution in [0.15, 0.2) is 27.4 Å². The fourth-order valence-electron chi connectivity index (χ4n) is 2.46. The third-order valence-electron chi connectivity index (χ3n) is 3.45. The van der Waals surface area contributed by atoms with Crippen LogP contribution in [0.1, 0.15) is 24.5 Å². The van der Waals surface area contributed by atoms with Crippen molar-refractivity contribution in [3.63, 3.8) is 0 Å². The zero-order chi connectivity index (χ0) is 16.7. The van der Waals surface area contributed by atoms with E-state index >= 15 is 0 Å². The maximum absolute atomic E-state index is 13.1. The number of aryl methyl sites for hydroxylation is 1. The molecule has 0 radical (unpaired) electrons. The molecule has 1 heterocycles. The number of rotatable bonds is 9. The summed E-state index contributed by atoms with van der Waals surface area (Å²) in [6, 6.07) is 4.71. The first kappa shape index (κ1) is 17.4. The van der Waals surface area contributed by atoms with Gasteiger partial charge in [-0.15, -0.1) is 0 Å². The molecular formula is C17H22FNO4. The van der Waals surface area contributed by atoms with Crippen molar-refractivity contribution in [2.45, 2.75) is 26.4 Å². The predicted molar refractivity (Wildman–Crippen MR) is 86.7 cm³/mol. The Hall–Kier alpha value is -1.92. The first-order valence-electron chi connectivity index (χ1n) is 7.76. The maximum Gasteiger partial charge on any atom is 0.336 e. The zero-order valence-electron chi connectivity index (χ0n) is 13.3. The molecule has 0 saturated heterocycles. The highest BCUT2D eigenvalue weighted by atomic mass is 19.1. The molecule has 2 N–H and O–H groups in total. The molecule has 0 aliphatic heterocycles. The maximum atomic E-state index is 13.1. The van der Waals surface area contributed by atoms with Crippen molar-refractivity contribution < 1.29 is 18.3 Å². The van der Waals surface area contributed by atoms with Crippen LogP contribution in [0.5, 0.6) is 5.75 Å². The zero-order valence-corrected chi connectivity index (χ0v) is 13.3. The lowest BCUT2D eigenvalue weighted by atomic mass is 10.0. The molecule has 1 aromatic carbocycles. The summed E-state index contributed by atoms with van der Waals surface area (Å²) in [7, 11) is 0. The first-order valence-corrected chi connectivity index (χ1v) is 7.76. The van der Waals surface area contributed by atoms with Gasteiger partial charge in [0.15, 0.2) is 0 Å². The molecule has 0 bridgehead atoms. The topological polar surface area (TPSA) is 74.7 Å². The van der Waals surface area contributed by atoms with Crippen molar-refractivity contribution in [3.8, 4) is 5.75 Å². The van der Waals surface area contributed by atoms with E-state index in [1.807, 2.05) is 6.92 Å². The Balaban J connectivity index is 2.33. The summed E-state index contributed by atoms with van der Waals surface area (Å²) >= 11 is 0. The van der Waals surface area contributed by atoms with Gasteiger partial charge in [0.1, 0.15) is 24.6 Å². The van der Waals surface area contributed by atoms with Crippen LogP contribution in [-0.2, 0) is 17.8 Å². The van der Waals surface area contributed by atoms with Gasteiger partial charge >= 0.3 is 5.63 Å². The summed E-state index contributed by atoms with van der Waals surface area (Å²) < 4.78 is 29.5. The molecule has 0 unspecified atom stereocenters. The van der Waals surface area contributed by atoms with Crippen LogP contribution in [-0.4, -0.2) is 26.4 Å². The van der Waals surface area contributed by atoms with E-state index in [0.29, 0.717) is 55.1 Å². The van der Waals surface area contributed by atoms with Gasteiger partial charge in [0, 0.05) is 29.1 Å². The SMILES string of the molecule is CCCc1c(OCCOCCN)ccc2c(CF)cc(=O)oc12. The molecule has 0 aliphatic carbocycles. The van der Waals surface area contributed by atoms with Gasteiger partial charge in [0.2, 0.25) is 0 Å². The van der Waals surface area contributed by atoms with Crippen LogP contribution in [0, 0.1) is 0 Å². The summed E-state index contributed by atoms with van der Waals surface area (Å²) in [4.78, 5) is 11.7. The summed E-state index contributed by atoms with van der Waals surface area (Å²) in [6.45, 7) is 3.06. The third kappa shape index (κ3) is 4.30. The van der Waals surface area contributed by atoms with Crippen molar-refractivity contribution >= 4 is 11.0 Å². The number of alkyl halides is 1. The Labute approximate surface area is 134 Å². The van der Waals surface area contributed by atoms with E-state index in [9.17, 15) is 9.18 Å². The Morgan fingerprint density at radius 2 is 2.09 bits per heavy atom. The molecule has 0 aliphatic rings. The van der Waals surface area contributed by atoms with Gasteiger partial charge in [-0.05, 0) is 18.6 Å². The third-order valence-corrected chi connectivity index (χ3v) is 3.45. The molecule has 0 fully saturated rings. The molecule has 2 aromatic rings. The highest BCUT2D eigenvalue weighted by Gasteiger charge is 2.14. The Bertz CT molecular complexity index is 699. The average molecular weight is 323 g/mol. The lowest BCUT2D eigenvalue weighted by Gasteiger charge is -2.14. The molecule has 0 amide bonds. The number of benzene rings is 1. The largest absolute Gasteiger partial charge is 0.491 e. The molecule has 2 rings (SSSR count). The first-order chi connectivity index (χ1) is 11.2. The number of hydrogen-bond donors (Lipinski definition) is 1. The molecule has 1 aromatic heterocycles. The lowest BCUT2D eigenvalue weighted by Crippen LogP contribution is -2.13. The van der Waals surface area contributed by atoms with E-state index in [2.05, 4.69) is 0 Å². The number of nitrogens with two attached hydrogens (primary N) is 1. The summed E-state index contributed by atoms with van der Waals surface area (Å²) in [6.07, 6.45) is 1.53. The van der Waals surface area contributed by atoms with Crippen molar-refractivity contribution in [3.05, 3.63) is 39.7 Å². The minimum Gasteiger partial charge on any atom is -0.491 e. The second-order valence-corrected chi connectivity index (χ2v) is 5.14. The number of fused-ring (bicyclic) bond motifs is 1. The Morgan fingerprint density at radius 1 is 1.26 bits per heavy atom. The van der Waals surface area contributed by atoms with Gasteiger partial charge in [-0.1, -0.05) is 13.3 Å². The van der Waals surface area contributed by atoms with E-state index in [1.54, 1.807) is 12.1 Å². The second-order valence-electron chi connectivity index (χ2n) is 5.14. The molecule has 0 atom stereocenters. The monoisotopic (exact) mass is 323 g/mol. The van der Waals surface area contributed by atoms with E-state index < -0.39 is 12.3 Å². The highest BCUT2D eigenvalue weighted by Crippen LogP contribution is 2.30. The summed E-state index contributed by atoms with van der Waals surface area (Å²) in [5.41, 5.74) is 6.34. The lowest BCUT2D eigenvalue weighted by molar-refractivity contribution is 0.105. The molecule has 126 valence electrons. The minimum absolute atomic E-state index is 0.339. The average Bonchev–Trinajstić information content (AvgIpc) is 2.55. The van der Waals surface area contributed by atoms with Crippen LogP contribution in [0.2, 0.25) is 0 Å². The van der Waals surface area contributed by atoms with E-state index in [1.165, 1.54) is 6.07 Å². The van der Waals surface area contributed by atoms with Gasteiger partial charge in [-0.25, -0.2) is 9.18 Å². The molecule has 23 heavy (non-hydrogen) atoms. The predicted octanol–water partition coefficient (Wildman–Crippen LogP) is 2.57. The van der Waals surface area contributed by atoms with Crippen LogP contribution in [0.4, 0.5) is 4.39 Å². The van der Waals surface area contributed by atoms with Crippen molar-refractivity contribution in [1.29, 1.82) is 0 Å².